The van der Waals surface area contributed by atoms with Crippen molar-refractivity contribution in [1.82, 2.24) is 10.3 Å². The first-order valence-corrected chi connectivity index (χ1v) is 9.72. The minimum Gasteiger partial charge on any atom is -0.383 e. The Kier molecular flexibility index (Phi) is 14.6. The van der Waals surface area contributed by atoms with Crippen LogP contribution in [0.5, 0.6) is 0 Å². The fourth-order valence-corrected chi connectivity index (χ4v) is 1.98. The van der Waals surface area contributed by atoms with E-state index in [1.807, 2.05) is 43.3 Å². The van der Waals surface area contributed by atoms with E-state index in [0.717, 1.165) is 17.2 Å². The number of carbonyl (C=O) groups is 2. The number of rotatable bonds is 8. The van der Waals surface area contributed by atoms with Crippen molar-refractivity contribution < 1.29 is 9.59 Å². The van der Waals surface area contributed by atoms with Gasteiger partial charge in [-0.3, -0.25) is 15.0 Å². The van der Waals surface area contributed by atoms with Gasteiger partial charge in [-0.05, 0) is 49.1 Å². The van der Waals surface area contributed by atoms with Gasteiger partial charge in [0.25, 0.3) is 0 Å². The fourth-order valence-electron chi connectivity index (χ4n) is 1.98. The van der Waals surface area contributed by atoms with Gasteiger partial charge in [0.1, 0.15) is 5.82 Å². The van der Waals surface area contributed by atoms with Crippen LogP contribution >= 0.6 is 0 Å². The summed E-state index contributed by atoms with van der Waals surface area (Å²) < 4.78 is 0. The number of nitrogens with two attached hydrogens (primary N) is 1. The van der Waals surface area contributed by atoms with Crippen molar-refractivity contribution in [2.75, 3.05) is 17.6 Å². The van der Waals surface area contributed by atoms with E-state index in [4.69, 9.17) is 11.1 Å². The van der Waals surface area contributed by atoms with E-state index in [2.05, 4.69) is 36.4 Å². The molecule has 0 aliphatic heterocycles. The second-order valence-electron chi connectivity index (χ2n) is 6.92. The van der Waals surface area contributed by atoms with Gasteiger partial charge in [0.15, 0.2) is 0 Å². The van der Waals surface area contributed by atoms with Crippen LogP contribution < -0.4 is 16.4 Å². The van der Waals surface area contributed by atoms with E-state index in [1.165, 1.54) is 0 Å². The lowest BCUT2D eigenvalue weighted by Gasteiger charge is -2.06. The van der Waals surface area contributed by atoms with Crippen LogP contribution in [-0.4, -0.2) is 30.1 Å². The number of hydrogen-bond donors (Lipinski definition) is 4. The van der Waals surface area contributed by atoms with Gasteiger partial charge in [-0.15, -0.1) is 0 Å². The highest BCUT2D eigenvalue weighted by Gasteiger charge is 2.07. The Bertz CT molecular complexity index is 786. The number of anilines is 2. The Labute approximate surface area is 179 Å². The molecule has 0 aliphatic rings. The maximum absolute atomic E-state index is 10.1. The molecule has 7 heteroatoms. The van der Waals surface area contributed by atoms with Crippen molar-refractivity contribution in [3.8, 4) is 0 Å². The smallest absolute Gasteiger partial charge is 0.211 e. The zero-order chi connectivity index (χ0) is 22.8. The normalized spacial score (nSPS) is 9.97. The zero-order valence-corrected chi connectivity index (χ0v) is 18.2. The summed E-state index contributed by atoms with van der Waals surface area (Å²) in [4.78, 5) is 23.9. The summed E-state index contributed by atoms with van der Waals surface area (Å²) in [6.07, 6.45) is 5.50. The molecule has 0 fully saturated rings. The van der Waals surface area contributed by atoms with Gasteiger partial charge in [0.2, 0.25) is 12.8 Å². The van der Waals surface area contributed by atoms with E-state index in [1.54, 1.807) is 18.3 Å². The van der Waals surface area contributed by atoms with Gasteiger partial charge in [-0.1, -0.05) is 45.0 Å². The summed E-state index contributed by atoms with van der Waals surface area (Å²) in [5, 5.41) is 13.1. The zero-order valence-electron chi connectivity index (χ0n) is 18.2. The third-order valence-electron chi connectivity index (χ3n) is 3.32. The van der Waals surface area contributed by atoms with E-state index < -0.39 is 0 Å². The molecule has 1 aromatic carbocycles. The van der Waals surface area contributed by atoms with Crippen molar-refractivity contribution in [2.45, 2.75) is 34.1 Å². The number of pyridine rings is 1. The maximum atomic E-state index is 10.1. The van der Waals surface area contributed by atoms with Crippen LogP contribution in [0.1, 0.15) is 39.7 Å². The summed E-state index contributed by atoms with van der Waals surface area (Å²) >= 11 is 0. The van der Waals surface area contributed by atoms with E-state index in [0.29, 0.717) is 42.9 Å². The number of nitrogen functional groups attached to an aromatic ring is 1. The fraction of sp³-hybridized carbons (Fsp3) is 0.304. The first-order chi connectivity index (χ1) is 14.3. The summed E-state index contributed by atoms with van der Waals surface area (Å²) in [7, 11) is 0. The number of amides is 2. The van der Waals surface area contributed by atoms with Crippen molar-refractivity contribution >= 4 is 30.0 Å². The molecular formula is C23H33N5O2. The average Bonchev–Trinajstić information content (AvgIpc) is 2.72. The lowest BCUT2D eigenvalue weighted by Crippen LogP contribution is -2.12. The topological polar surface area (TPSA) is 121 Å². The van der Waals surface area contributed by atoms with Crippen LogP contribution in [0.4, 0.5) is 11.5 Å². The Morgan fingerprint density at radius 2 is 1.73 bits per heavy atom. The number of para-hydroxylation sites is 1. The molecule has 7 nitrogen and oxygen atoms in total. The van der Waals surface area contributed by atoms with Crippen molar-refractivity contribution in [1.29, 1.82) is 5.41 Å². The van der Waals surface area contributed by atoms with Gasteiger partial charge in [0.05, 0.1) is 5.71 Å². The van der Waals surface area contributed by atoms with Crippen LogP contribution in [-0.2, 0) is 9.59 Å². The van der Waals surface area contributed by atoms with Gasteiger partial charge >= 0.3 is 0 Å². The molecule has 1 heterocycles. The molecule has 162 valence electrons. The summed E-state index contributed by atoms with van der Waals surface area (Å²) in [5.74, 6) is 1.19. The number of carbonyl (C=O) groups excluding carboxylic acids is 2. The van der Waals surface area contributed by atoms with Gasteiger partial charge in [-0.2, -0.15) is 0 Å². The van der Waals surface area contributed by atoms with Crippen LogP contribution in [0.3, 0.4) is 0 Å². The van der Waals surface area contributed by atoms with E-state index in [9.17, 15) is 9.59 Å². The molecule has 30 heavy (non-hydrogen) atoms. The molecule has 0 radical (unpaired) electrons. The Balaban J connectivity index is 0.000000537. The van der Waals surface area contributed by atoms with Crippen LogP contribution in [0.15, 0.2) is 60.3 Å². The highest BCUT2D eigenvalue weighted by molar-refractivity contribution is 6.12. The highest BCUT2D eigenvalue weighted by atomic mass is 16.1. The van der Waals surface area contributed by atoms with Crippen LogP contribution in [0.2, 0.25) is 0 Å². The summed E-state index contributed by atoms with van der Waals surface area (Å²) in [6, 6.07) is 12.8. The summed E-state index contributed by atoms with van der Waals surface area (Å²) in [5.41, 5.74) is 8.33. The molecular weight excluding hydrogens is 378 g/mol. The first kappa shape index (κ1) is 26.5. The predicted octanol–water partition coefficient (Wildman–Crippen LogP) is 4.03. The molecule has 0 bridgehead atoms. The maximum Gasteiger partial charge on any atom is 0.211 e. The van der Waals surface area contributed by atoms with Crippen molar-refractivity contribution in [2.24, 2.45) is 5.92 Å². The number of allylic oxidation sites excluding steroid dienone is 1. The molecule has 0 saturated carbocycles. The van der Waals surface area contributed by atoms with Crippen molar-refractivity contribution in [3.63, 3.8) is 0 Å². The SMILES string of the molecule is C/C(=C\CCNC=O)C(=N)c1cccnc1N.CC(C)C.O=CNc1ccccc1. The molecule has 2 aromatic rings. The predicted molar refractivity (Wildman–Crippen MR) is 125 cm³/mol. The van der Waals surface area contributed by atoms with E-state index in [-0.39, 0.29) is 0 Å². The molecule has 0 aliphatic carbocycles. The number of aromatic nitrogens is 1. The quantitative estimate of drug-likeness (QED) is 0.298. The second-order valence-corrected chi connectivity index (χ2v) is 6.92. The number of nitrogens with one attached hydrogen (secondary N) is 3. The Hall–Kier alpha value is -3.48. The highest BCUT2D eigenvalue weighted by Crippen LogP contribution is 2.13. The molecule has 2 amide bonds. The number of benzene rings is 1. The molecule has 5 N–H and O–H groups in total. The standard InChI is InChI=1S/C12H16N4O.C7H7NO.C4H10/c1-9(4-2-6-15-8-17)11(13)10-5-3-7-16-12(10)14;9-6-8-7-4-2-1-3-5-7;1-4(2)3/h3-5,7-8,13H,2,6H2,1H3,(H2,14,16)(H,15,17);1-6H,(H,8,9);4H,1-3H3/b9-4+,13-11?;;. The average molecular weight is 412 g/mol. The lowest BCUT2D eigenvalue weighted by atomic mass is 10.0. The molecule has 2 rings (SSSR count). The first-order valence-electron chi connectivity index (χ1n) is 9.72. The van der Waals surface area contributed by atoms with Crippen LogP contribution in [0, 0.1) is 11.3 Å². The van der Waals surface area contributed by atoms with Gasteiger partial charge in [0, 0.05) is 24.0 Å². The monoisotopic (exact) mass is 411 g/mol. The largest absolute Gasteiger partial charge is 0.383 e. The van der Waals surface area contributed by atoms with E-state index >= 15 is 0 Å². The minimum atomic E-state index is 0.358. The summed E-state index contributed by atoms with van der Waals surface area (Å²) in [6.45, 7) is 8.91. The number of hydrogen-bond acceptors (Lipinski definition) is 5. The van der Waals surface area contributed by atoms with Crippen LogP contribution in [0.25, 0.3) is 0 Å². The molecule has 1 aromatic heterocycles. The molecule has 0 unspecified atom stereocenters. The lowest BCUT2D eigenvalue weighted by molar-refractivity contribution is -0.109. The Morgan fingerprint density at radius 3 is 2.27 bits per heavy atom. The third kappa shape index (κ3) is 12.8. The van der Waals surface area contributed by atoms with Gasteiger partial charge in [-0.25, -0.2) is 4.98 Å². The Morgan fingerprint density at radius 1 is 1.10 bits per heavy atom. The van der Waals surface area contributed by atoms with Gasteiger partial charge < -0.3 is 16.4 Å². The molecule has 0 saturated heterocycles. The van der Waals surface area contributed by atoms with Crippen molar-refractivity contribution in [3.05, 3.63) is 65.9 Å². The second kappa shape index (κ2) is 16.5. The molecule has 0 spiro atoms. The molecule has 0 atom stereocenters. The number of nitrogens with zero attached hydrogens (tertiary/aromatic N) is 1. The third-order valence-corrected chi connectivity index (χ3v) is 3.32. The minimum absolute atomic E-state index is 0.358.